The third-order valence-electron chi connectivity index (χ3n) is 5.86. The predicted molar refractivity (Wildman–Crippen MR) is 119 cm³/mol. The first-order valence-electron chi connectivity index (χ1n) is 10.6. The molecule has 1 aliphatic heterocycles. The molecule has 1 aliphatic rings. The molecule has 11 heteroatoms. The summed E-state index contributed by atoms with van der Waals surface area (Å²) in [7, 11) is 1.32. The molecule has 0 saturated carbocycles. The van der Waals surface area contributed by atoms with Gasteiger partial charge in [0.2, 0.25) is 11.7 Å². The van der Waals surface area contributed by atoms with Gasteiger partial charge in [0.1, 0.15) is 17.2 Å². The number of nitrogens with one attached hydrogen (secondary N) is 1. The summed E-state index contributed by atoms with van der Waals surface area (Å²) in [4.78, 5) is 34.6. The summed E-state index contributed by atoms with van der Waals surface area (Å²) in [5.41, 5.74) is 2.90. The summed E-state index contributed by atoms with van der Waals surface area (Å²) in [6, 6.07) is 6.62. The van der Waals surface area contributed by atoms with Crippen LogP contribution in [-0.4, -0.2) is 56.6 Å². The smallest absolute Gasteiger partial charge is 0.409 e. The number of methoxy groups -OCH3 is 1. The third-order valence-corrected chi connectivity index (χ3v) is 5.86. The first-order valence-corrected chi connectivity index (χ1v) is 10.6. The number of benzene rings is 1. The van der Waals surface area contributed by atoms with Crippen molar-refractivity contribution in [2.24, 2.45) is 0 Å². The van der Waals surface area contributed by atoms with Gasteiger partial charge in [-0.05, 0) is 43.7 Å². The minimum Gasteiger partial charge on any atom is -0.453 e. The number of aryl methyl sites for hydroxylation is 1. The summed E-state index contributed by atoms with van der Waals surface area (Å²) in [6.45, 7) is 4.31. The van der Waals surface area contributed by atoms with Crippen LogP contribution in [-0.2, 0) is 4.74 Å². The molecule has 5 rings (SSSR count). The fraction of sp³-hybridized carbons (Fsp3) is 0.261. The van der Waals surface area contributed by atoms with Crippen LogP contribution in [0, 0.1) is 19.7 Å². The van der Waals surface area contributed by atoms with Crippen LogP contribution in [0.25, 0.3) is 17.0 Å². The Kier molecular flexibility index (Phi) is 5.23. The highest BCUT2D eigenvalue weighted by Crippen LogP contribution is 2.30. The summed E-state index contributed by atoms with van der Waals surface area (Å²) in [5, 5.41) is 6.72. The number of fused-ring (bicyclic) bond motifs is 1. The summed E-state index contributed by atoms with van der Waals surface area (Å²) in [6.07, 6.45) is 2.82. The van der Waals surface area contributed by atoms with Crippen molar-refractivity contribution in [2.75, 3.05) is 25.5 Å². The van der Waals surface area contributed by atoms with Crippen molar-refractivity contribution in [1.29, 1.82) is 0 Å². The Morgan fingerprint density at radius 2 is 2.03 bits per heavy atom. The second-order valence-corrected chi connectivity index (χ2v) is 8.19. The maximum absolute atomic E-state index is 14.7. The Hall–Kier alpha value is -4.28. The van der Waals surface area contributed by atoms with Gasteiger partial charge in [-0.15, -0.1) is 0 Å². The summed E-state index contributed by atoms with van der Waals surface area (Å²) < 4.78 is 26.4. The molecule has 0 bridgehead atoms. The topological polar surface area (TPSA) is 115 Å². The van der Waals surface area contributed by atoms with Gasteiger partial charge in [-0.1, -0.05) is 5.16 Å². The zero-order valence-corrected chi connectivity index (χ0v) is 18.7. The number of likely N-dealkylation sites (tertiary alicyclic amines) is 1. The van der Waals surface area contributed by atoms with E-state index in [1.165, 1.54) is 24.3 Å². The summed E-state index contributed by atoms with van der Waals surface area (Å²) >= 11 is 0. The van der Waals surface area contributed by atoms with Gasteiger partial charge in [0.05, 0.1) is 19.2 Å². The molecule has 2 amide bonds. The van der Waals surface area contributed by atoms with E-state index in [2.05, 4.69) is 25.2 Å². The quantitative estimate of drug-likeness (QED) is 0.491. The van der Waals surface area contributed by atoms with Gasteiger partial charge < -0.3 is 19.5 Å². The van der Waals surface area contributed by atoms with Gasteiger partial charge in [-0.3, -0.25) is 9.20 Å². The lowest BCUT2D eigenvalue weighted by Gasteiger charge is -2.35. The lowest BCUT2D eigenvalue weighted by atomic mass is 10.0. The largest absolute Gasteiger partial charge is 0.453 e. The van der Waals surface area contributed by atoms with Crippen molar-refractivity contribution >= 4 is 23.3 Å². The number of pyridine rings is 1. The fourth-order valence-electron chi connectivity index (χ4n) is 3.81. The van der Waals surface area contributed by atoms with Gasteiger partial charge in [0.15, 0.2) is 0 Å². The standard InChI is InChI=1S/C23H21FN6O4/c1-12-4-5-30-18(9-25-19(30)6-12)21(31)26-17-8-14(7-16(24)13(17)2)20-27-22(34-28-20)15-10-29(11-15)23(32)33-3/h4-9,15H,10-11H2,1-3H3,(H,26,31). The number of hydrogen-bond donors (Lipinski definition) is 1. The predicted octanol–water partition coefficient (Wildman–Crippen LogP) is 3.56. The molecule has 0 radical (unpaired) electrons. The van der Waals surface area contributed by atoms with Crippen molar-refractivity contribution in [1.82, 2.24) is 24.4 Å². The third kappa shape index (κ3) is 3.74. The van der Waals surface area contributed by atoms with Crippen LogP contribution in [0.2, 0.25) is 0 Å². The van der Waals surface area contributed by atoms with Crippen LogP contribution < -0.4 is 5.32 Å². The molecule has 4 heterocycles. The average molecular weight is 464 g/mol. The maximum atomic E-state index is 14.7. The number of hydrogen-bond acceptors (Lipinski definition) is 7. The lowest BCUT2D eigenvalue weighted by molar-refractivity contribution is 0.0804. The highest BCUT2D eigenvalue weighted by Gasteiger charge is 2.36. The van der Waals surface area contributed by atoms with E-state index >= 15 is 0 Å². The molecule has 1 N–H and O–H groups in total. The molecule has 0 atom stereocenters. The molecule has 1 aromatic carbocycles. The van der Waals surface area contributed by atoms with Gasteiger partial charge in [0, 0.05) is 36.1 Å². The number of aromatic nitrogens is 4. The van der Waals surface area contributed by atoms with Crippen LogP contribution >= 0.6 is 0 Å². The Morgan fingerprint density at radius 3 is 2.79 bits per heavy atom. The highest BCUT2D eigenvalue weighted by atomic mass is 19.1. The first-order chi connectivity index (χ1) is 16.3. The Balaban J connectivity index is 1.38. The molecule has 34 heavy (non-hydrogen) atoms. The molecular weight excluding hydrogens is 443 g/mol. The van der Waals surface area contributed by atoms with Crippen molar-refractivity contribution in [3.63, 3.8) is 0 Å². The van der Waals surface area contributed by atoms with Gasteiger partial charge in [-0.25, -0.2) is 14.2 Å². The average Bonchev–Trinajstić information content (AvgIpc) is 3.42. The SMILES string of the molecule is COC(=O)N1CC(c2nc(-c3cc(F)c(C)c(NC(=O)c4cnc5cc(C)ccn45)c3)no2)C1. The molecule has 0 aliphatic carbocycles. The molecule has 10 nitrogen and oxygen atoms in total. The Morgan fingerprint density at radius 1 is 1.24 bits per heavy atom. The highest BCUT2D eigenvalue weighted by molar-refractivity contribution is 6.04. The molecule has 0 spiro atoms. The van der Waals surface area contributed by atoms with Crippen molar-refractivity contribution < 1.29 is 23.2 Å². The molecule has 0 unspecified atom stereocenters. The van der Waals surface area contributed by atoms with E-state index in [1.807, 2.05) is 19.1 Å². The van der Waals surface area contributed by atoms with Crippen molar-refractivity contribution in [3.8, 4) is 11.4 Å². The van der Waals surface area contributed by atoms with Crippen LogP contribution in [0.4, 0.5) is 14.9 Å². The lowest BCUT2D eigenvalue weighted by Crippen LogP contribution is -2.48. The number of ether oxygens (including phenoxy) is 1. The molecule has 4 aromatic rings. The number of rotatable bonds is 4. The first kappa shape index (κ1) is 21.6. The van der Waals surface area contributed by atoms with Crippen molar-refractivity contribution in [2.45, 2.75) is 19.8 Å². The van der Waals surface area contributed by atoms with E-state index in [0.29, 0.717) is 35.9 Å². The number of halogens is 1. The van der Waals surface area contributed by atoms with E-state index in [0.717, 1.165) is 5.56 Å². The molecular formula is C23H21FN6O4. The number of anilines is 1. The number of nitrogens with zero attached hydrogens (tertiary/aromatic N) is 5. The normalized spacial score (nSPS) is 13.7. The molecule has 174 valence electrons. The van der Waals surface area contributed by atoms with E-state index in [1.54, 1.807) is 23.6 Å². The van der Waals surface area contributed by atoms with E-state index in [4.69, 9.17) is 4.52 Å². The van der Waals surface area contributed by atoms with E-state index in [9.17, 15) is 14.0 Å². The summed E-state index contributed by atoms with van der Waals surface area (Å²) in [5.74, 6) is -0.529. The van der Waals surface area contributed by atoms with Crippen LogP contribution in [0.15, 0.2) is 41.2 Å². The number of carbonyl (C=O) groups excluding carboxylic acids is 2. The second-order valence-electron chi connectivity index (χ2n) is 8.19. The zero-order valence-electron chi connectivity index (χ0n) is 18.7. The van der Waals surface area contributed by atoms with E-state index < -0.39 is 17.8 Å². The van der Waals surface area contributed by atoms with Gasteiger partial charge >= 0.3 is 6.09 Å². The van der Waals surface area contributed by atoms with Crippen LogP contribution in [0.1, 0.15) is 33.4 Å². The number of amides is 2. The van der Waals surface area contributed by atoms with Crippen molar-refractivity contribution in [3.05, 3.63) is 65.2 Å². The molecule has 1 fully saturated rings. The van der Waals surface area contributed by atoms with Crippen LogP contribution in [0.3, 0.4) is 0 Å². The Labute approximate surface area is 193 Å². The number of imidazole rings is 1. The van der Waals surface area contributed by atoms with E-state index in [-0.39, 0.29) is 23.0 Å². The van der Waals surface area contributed by atoms with Gasteiger partial charge in [0.25, 0.3) is 5.91 Å². The molecule has 1 saturated heterocycles. The monoisotopic (exact) mass is 464 g/mol. The minimum absolute atomic E-state index is 0.117. The maximum Gasteiger partial charge on any atom is 0.409 e. The fourth-order valence-corrected chi connectivity index (χ4v) is 3.81. The second kappa shape index (κ2) is 8.25. The van der Waals surface area contributed by atoms with Gasteiger partial charge in [-0.2, -0.15) is 4.98 Å². The van der Waals surface area contributed by atoms with Crippen LogP contribution in [0.5, 0.6) is 0 Å². The minimum atomic E-state index is -0.520. The Bertz CT molecular complexity index is 1420. The zero-order chi connectivity index (χ0) is 24.0. The molecule has 3 aromatic heterocycles. The number of carbonyl (C=O) groups is 2.